The van der Waals surface area contributed by atoms with E-state index in [1.165, 1.54) is 37.4 Å². The van der Waals surface area contributed by atoms with Crippen molar-refractivity contribution < 1.29 is 38.6 Å². The number of rotatable bonds is 15. The number of carboxylic acid groups (broad SMARTS) is 1. The van der Waals surface area contributed by atoms with Gasteiger partial charge in [-0.25, -0.2) is 4.79 Å². The number of amides is 1. The van der Waals surface area contributed by atoms with E-state index in [0.29, 0.717) is 42.1 Å². The Morgan fingerprint density at radius 2 is 1.98 bits per heavy atom. The molecule has 0 unspecified atom stereocenters. The van der Waals surface area contributed by atoms with Gasteiger partial charge in [-0.3, -0.25) is 24.1 Å². The molecule has 4 heterocycles. The fraction of sp³-hybridized carbons (Fsp3) is 0.519. The molecule has 2 aromatic rings. The third-order valence-corrected chi connectivity index (χ3v) is 9.40. The van der Waals surface area contributed by atoms with Gasteiger partial charge in [0.1, 0.15) is 5.78 Å². The lowest BCUT2D eigenvalue weighted by Crippen LogP contribution is -2.62. The van der Waals surface area contributed by atoms with Crippen molar-refractivity contribution in [1.29, 1.82) is 0 Å². The van der Waals surface area contributed by atoms with Gasteiger partial charge in [0.15, 0.2) is 34.8 Å². The number of allylic oxidation sites excluding steroid dienone is 1. The van der Waals surface area contributed by atoms with Gasteiger partial charge in [0.05, 0.1) is 29.6 Å². The number of thioether (sulfide) groups is 1. The number of carboxylic acids is 1. The number of nitrogens with zero attached hydrogens (tertiary/aromatic N) is 6. The molecule has 0 bridgehead atoms. The van der Waals surface area contributed by atoms with Crippen LogP contribution < -0.4 is 21.9 Å². The largest absolute Gasteiger partial charge is 0.478 e. The third-order valence-electron chi connectivity index (χ3n) is 7.46. The Labute approximate surface area is 266 Å². The van der Waals surface area contributed by atoms with Crippen LogP contribution in [0, 0.1) is 5.92 Å². The summed E-state index contributed by atoms with van der Waals surface area (Å²) in [6.45, 7) is 4.57. The molecule has 4 rings (SSSR count). The van der Waals surface area contributed by atoms with E-state index in [2.05, 4.69) is 14.5 Å². The molecule has 242 valence electrons. The van der Waals surface area contributed by atoms with Crippen LogP contribution in [-0.4, -0.2) is 82.3 Å². The van der Waals surface area contributed by atoms with Crippen molar-refractivity contribution in [3.8, 4) is 0 Å². The van der Waals surface area contributed by atoms with Gasteiger partial charge in [-0.1, -0.05) is 5.16 Å². The molecule has 7 N–H and O–H groups in total. The van der Waals surface area contributed by atoms with Crippen molar-refractivity contribution in [2.75, 3.05) is 23.8 Å². The summed E-state index contributed by atoms with van der Waals surface area (Å²) in [5.74, 6) is -2.75. The molecule has 2 atom stereocenters. The van der Waals surface area contributed by atoms with Gasteiger partial charge in [0, 0.05) is 49.0 Å². The number of carbonyl (C=O) groups excluding carboxylic acids is 4. The standard InChI is InChI=1S/C27H35N9O7S2/c1-13(37)20-15(11-35-10-14(21(29)34(35)4)8-16(38)6-5-7-28)12-44-24-17(23(40)36(20)24)9-18(39)19(22-31-26(30)45-33-22)32-43-27(2,3)25(41)42/h10,17,24,29H,5-9,11-12,28H2,1-4H3,(H3,30,31,33,41,42)/p+1/b32-19+/t17-,24-/m1/s1. The summed E-state index contributed by atoms with van der Waals surface area (Å²) in [6.07, 6.45) is 2.59. The molecule has 16 nitrogen and oxygen atoms in total. The molecule has 0 aliphatic carbocycles. The maximum absolute atomic E-state index is 13.4. The molecule has 2 aliphatic heterocycles. The maximum atomic E-state index is 13.4. The zero-order valence-corrected chi connectivity index (χ0v) is 26.9. The number of carbonyl (C=O) groups is 5. The molecule has 0 radical (unpaired) electrons. The average molecular weight is 663 g/mol. The Bertz CT molecular complexity index is 1610. The summed E-state index contributed by atoms with van der Waals surface area (Å²) in [7, 11) is 1.75. The molecule has 45 heavy (non-hydrogen) atoms. The number of aromatic nitrogens is 4. The van der Waals surface area contributed by atoms with E-state index in [1.807, 2.05) is 0 Å². The summed E-state index contributed by atoms with van der Waals surface area (Å²) in [5, 5.41) is 12.7. The molecule has 0 saturated carbocycles. The highest BCUT2D eigenvalue weighted by Gasteiger charge is 2.54. The minimum absolute atomic E-state index is 0.0239. The topological polar surface area (TPSA) is 243 Å². The lowest BCUT2D eigenvalue weighted by Gasteiger charge is -2.49. The van der Waals surface area contributed by atoms with E-state index >= 15 is 0 Å². The lowest BCUT2D eigenvalue weighted by molar-refractivity contribution is -0.765. The number of Topliss-reactive ketones (excluding diaryl/α,β-unsaturated/α-hetero) is 3. The molecule has 2 aromatic heterocycles. The molecule has 1 fully saturated rings. The molecule has 1 saturated heterocycles. The van der Waals surface area contributed by atoms with Gasteiger partial charge in [-0.05, 0) is 26.8 Å². The predicted octanol–water partition coefficient (Wildman–Crippen LogP) is -0.203. The van der Waals surface area contributed by atoms with Crippen molar-refractivity contribution in [1.82, 2.24) is 18.9 Å². The summed E-state index contributed by atoms with van der Waals surface area (Å²) < 4.78 is 7.49. The number of hydrogen-bond donors (Lipinski definition) is 4. The highest BCUT2D eigenvalue weighted by atomic mass is 32.2. The van der Waals surface area contributed by atoms with Crippen LogP contribution in [0.1, 0.15) is 51.4 Å². The number of β-lactam (4-membered cyclic amide) rings is 1. The van der Waals surface area contributed by atoms with Crippen LogP contribution in [-0.2, 0) is 48.8 Å². The van der Waals surface area contributed by atoms with E-state index in [0.717, 1.165) is 11.5 Å². The lowest BCUT2D eigenvalue weighted by atomic mass is 9.89. The van der Waals surface area contributed by atoms with Crippen molar-refractivity contribution >= 4 is 69.2 Å². The first kappa shape index (κ1) is 33.7. The van der Waals surface area contributed by atoms with Gasteiger partial charge >= 0.3 is 5.97 Å². The van der Waals surface area contributed by atoms with E-state index in [9.17, 15) is 29.1 Å². The van der Waals surface area contributed by atoms with Crippen LogP contribution in [0.25, 0.3) is 0 Å². The summed E-state index contributed by atoms with van der Waals surface area (Å²) >= 11 is 2.23. The third kappa shape index (κ3) is 7.07. The average Bonchev–Trinajstić information content (AvgIpc) is 3.52. The SMILES string of the molecule is CC(=O)C1=C(C[n+]2cc(CC(=O)CCCN)c(N)n2C)CS[C@@H]2[C@H](CC(=O)/C(=N\OC(C)(C)C(=O)O)c3nsc(N)n3)C(=O)N12. The quantitative estimate of drug-likeness (QED) is 0.0836. The summed E-state index contributed by atoms with van der Waals surface area (Å²) in [5.41, 5.74) is 17.0. The van der Waals surface area contributed by atoms with Gasteiger partial charge in [0.2, 0.25) is 23.5 Å². The Hall–Kier alpha value is -4.16. The van der Waals surface area contributed by atoms with E-state index in [4.69, 9.17) is 22.0 Å². The first-order valence-electron chi connectivity index (χ1n) is 14.0. The molecule has 18 heteroatoms. The Morgan fingerprint density at radius 1 is 1.27 bits per heavy atom. The number of nitrogen functional groups attached to an aromatic ring is 2. The molecular weight excluding hydrogens is 626 g/mol. The Balaban J connectivity index is 1.54. The predicted molar refractivity (Wildman–Crippen MR) is 165 cm³/mol. The van der Waals surface area contributed by atoms with Gasteiger partial charge in [-0.15, -0.1) is 21.1 Å². The van der Waals surface area contributed by atoms with Crippen LogP contribution >= 0.6 is 23.3 Å². The minimum atomic E-state index is -1.76. The second-order valence-corrected chi connectivity index (χ2v) is 13.1. The molecule has 2 aliphatic rings. The zero-order chi connectivity index (χ0) is 33.2. The summed E-state index contributed by atoms with van der Waals surface area (Å²) in [6, 6.07) is 0. The fourth-order valence-corrected chi connectivity index (χ4v) is 6.75. The fourth-order valence-electron chi connectivity index (χ4n) is 4.91. The zero-order valence-electron chi connectivity index (χ0n) is 25.3. The number of ketones is 3. The van der Waals surface area contributed by atoms with Crippen molar-refractivity contribution in [3.05, 3.63) is 28.9 Å². The molecule has 1 amide bonds. The van der Waals surface area contributed by atoms with Crippen molar-refractivity contribution in [2.45, 2.75) is 64.0 Å². The first-order valence-corrected chi connectivity index (χ1v) is 15.8. The maximum Gasteiger partial charge on any atom is 0.350 e. The number of fused-ring (bicyclic) bond motifs is 1. The number of anilines is 2. The minimum Gasteiger partial charge on any atom is -0.478 e. The van der Waals surface area contributed by atoms with E-state index in [-0.39, 0.29) is 53.3 Å². The number of aliphatic carboxylic acids is 1. The van der Waals surface area contributed by atoms with E-state index in [1.54, 1.807) is 22.6 Å². The van der Waals surface area contributed by atoms with Gasteiger partial charge < -0.3 is 27.1 Å². The van der Waals surface area contributed by atoms with Gasteiger partial charge in [-0.2, -0.15) is 9.36 Å². The van der Waals surface area contributed by atoms with Crippen molar-refractivity contribution in [3.63, 3.8) is 0 Å². The highest BCUT2D eigenvalue weighted by molar-refractivity contribution is 8.00. The van der Waals surface area contributed by atoms with Crippen LogP contribution in [0.4, 0.5) is 10.9 Å². The van der Waals surface area contributed by atoms with Crippen LogP contribution in [0.3, 0.4) is 0 Å². The smallest absolute Gasteiger partial charge is 0.350 e. The van der Waals surface area contributed by atoms with Crippen LogP contribution in [0.2, 0.25) is 0 Å². The van der Waals surface area contributed by atoms with Crippen LogP contribution in [0.5, 0.6) is 0 Å². The number of oxime groups is 1. The Morgan fingerprint density at radius 3 is 2.58 bits per heavy atom. The molecular formula is C27H36N9O7S2+. The number of hydrogen-bond acceptors (Lipinski definition) is 14. The highest BCUT2D eigenvalue weighted by Crippen LogP contribution is 2.45. The Kier molecular flexibility index (Phi) is 10.1. The second kappa shape index (κ2) is 13.5. The molecule has 0 spiro atoms. The second-order valence-electron chi connectivity index (χ2n) is 11.2. The first-order chi connectivity index (χ1) is 21.2. The van der Waals surface area contributed by atoms with Crippen LogP contribution in [0.15, 0.2) is 22.6 Å². The molecule has 0 aromatic carbocycles. The normalized spacial score (nSPS) is 18.5. The number of nitrogens with two attached hydrogens (primary N) is 3. The monoisotopic (exact) mass is 662 g/mol. The van der Waals surface area contributed by atoms with E-state index < -0.39 is 34.6 Å². The van der Waals surface area contributed by atoms with Crippen molar-refractivity contribution in [2.24, 2.45) is 23.9 Å². The summed E-state index contributed by atoms with van der Waals surface area (Å²) in [4.78, 5) is 74.1. The van der Waals surface area contributed by atoms with Gasteiger partial charge in [0.25, 0.3) is 0 Å².